The van der Waals surface area contributed by atoms with E-state index in [4.69, 9.17) is 0 Å². The third-order valence-electron chi connectivity index (χ3n) is 5.59. The summed E-state index contributed by atoms with van der Waals surface area (Å²) in [6.07, 6.45) is 0.324. The molecular formula is C21H20F3N7O. The van der Waals surface area contributed by atoms with E-state index in [1.807, 2.05) is 6.07 Å². The van der Waals surface area contributed by atoms with Crippen LogP contribution in [0.2, 0.25) is 0 Å². The first-order valence-electron chi connectivity index (χ1n) is 10.1. The Morgan fingerprint density at radius 3 is 2.44 bits per heavy atom. The Bertz CT molecular complexity index is 1220. The Morgan fingerprint density at radius 1 is 1.03 bits per heavy atom. The zero-order valence-corrected chi connectivity index (χ0v) is 17.2. The number of fused-ring (bicyclic) bond motifs is 1. The summed E-state index contributed by atoms with van der Waals surface area (Å²) >= 11 is 0. The number of alkyl halides is 3. The summed E-state index contributed by atoms with van der Waals surface area (Å²) in [5, 5.41) is 4.63. The van der Waals surface area contributed by atoms with Gasteiger partial charge in [-0.05, 0) is 11.6 Å². The number of nitrogens with zero attached hydrogens (tertiary/aromatic N) is 7. The van der Waals surface area contributed by atoms with Crippen molar-refractivity contribution in [3.8, 4) is 11.4 Å². The molecule has 5 rings (SSSR count). The van der Waals surface area contributed by atoms with Gasteiger partial charge >= 0.3 is 12.1 Å². The van der Waals surface area contributed by atoms with Crippen molar-refractivity contribution in [1.29, 1.82) is 0 Å². The molecule has 0 amide bonds. The molecule has 32 heavy (non-hydrogen) atoms. The fraction of sp³-hybridized carbons (Fsp3) is 0.333. The SMILES string of the molecule is Cn1cc(CN2CCN(c3ncc(-c4noc(C(F)(F)F)n4)cn3)CC2)c2ccccc21. The van der Waals surface area contributed by atoms with Crippen molar-refractivity contribution < 1.29 is 17.7 Å². The van der Waals surface area contributed by atoms with E-state index in [1.54, 1.807) is 0 Å². The van der Waals surface area contributed by atoms with Gasteiger partial charge in [0.15, 0.2) is 0 Å². The van der Waals surface area contributed by atoms with Crippen molar-refractivity contribution in [3.05, 3.63) is 54.3 Å². The molecule has 0 radical (unpaired) electrons. The van der Waals surface area contributed by atoms with Crippen molar-refractivity contribution in [2.75, 3.05) is 31.1 Å². The second-order valence-electron chi connectivity index (χ2n) is 7.74. The van der Waals surface area contributed by atoms with Gasteiger partial charge in [0.05, 0.1) is 5.56 Å². The molecule has 0 spiro atoms. The molecule has 1 aliphatic heterocycles. The Morgan fingerprint density at radius 2 is 1.75 bits per heavy atom. The summed E-state index contributed by atoms with van der Waals surface area (Å²) in [4.78, 5) is 16.4. The van der Waals surface area contributed by atoms with E-state index in [-0.39, 0.29) is 11.4 Å². The largest absolute Gasteiger partial charge is 0.471 e. The van der Waals surface area contributed by atoms with Crippen LogP contribution in [0.25, 0.3) is 22.3 Å². The molecule has 0 bridgehead atoms. The third kappa shape index (κ3) is 3.91. The normalized spacial score (nSPS) is 15.6. The first-order valence-corrected chi connectivity index (χ1v) is 10.1. The molecular weight excluding hydrogens is 423 g/mol. The molecule has 1 fully saturated rings. The average Bonchev–Trinajstić information content (AvgIpc) is 3.41. The van der Waals surface area contributed by atoms with Crippen LogP contribution in [0.3, 0.4) is 0 Å². The maximum atomic E-state index is 12.6. The number of hydrogen-bond acceptors (Lipinski definition) is 7. The van der Waals surface area contributed by atoms with E-state index in [0.717, 1.165) is 32.7 Å². The smallest absolute Gasteiger partial charge is 0.350 e. The zero-order chi connectivity index (χ0) is 22.3. The molecule has 8 nitrogen and oxygen atoms in total. The molecule has 0 unspecified atom stereocenters. The van der Waals surface area contributed by atoms with E-state index in [9.17, 15) is 13.2 Å². The van der Waals surface area contributed by atoms with Crippen molar-refractivity contribution in [2.24, 2.45) is 7.05 Å². The van der Waals surface area contributed by atoms with Gasteiger partial charge in [-0.1, -0.05) is 23.4 Å². The average molecular weight is 443 g/mol. The summed E-state index contributed by atoms with van der Waals surface area (Å²) in [5.41, 5.74) is 2.79. The van der Waals surface area contributed by atoms with Crippen molar-refractivity contribution >= 4 is 16.9 Å². The molecule has 0 atom stereocenters. The van der Waals surface area contributed by atoms with Crippen molar-refractivity contribution in [2.45, 2.75) is 12.7 Å². The number of para-hydroxylation sites is 1. The molecule has 3 aromatic heterocycles. The van der Waals surface area contributed by atoms with E-state index in [0.29, 0.717) is 5.95 Å². The highest BCUT2D eigenvalue weighted by Gasteiger charge is 2.38. The minimum Gasteiger partial charge on any atom is -0.350 e. The topological polar surface area (TPSA) is 76.1 Å². The fourth-order valence-electron chi connectivity index (χ4n) is 3.95. The lowest BCUT2D eigenvalue weighted by molar-refractivity contribution is -0.159. The number of benzene rings is 1. The van der Waals surface area contributed by atoms with Gasteiger partial charge < -0.3 is 14.0 Å². The van der Waals surface area contributed by atoms with Crippen LogP contribution < -0.4 is 4.90 Å². The molecule has 1 saturated heterocycles. The molecule has 11 heteroatoms. The lowest BCUT2D eigenvalue weighted by Crippen LogP contribution is -2.46. The second-order valence-corrected chi connectivity index (χ2v) is 7.74. The quantitative estimate of drug-likeness (QED) is 0.479. The first kappa shape index (κ1) is 20.4. The summed E-state index contributed by atoms with van der Waals surface area (Å²) in [6.45, 7) is 4.09. The highest BCUT2D eigenvalue weighted by molar-refractivity contribution is 5.83. The van der Waals surface area contributed by atoms with Crippen LogP contribution in [0.15, 0.2) is 47.4 Å². The molecule has 1 aliphatic rings. The first-order chi connectivity index (χ1) is 15.4. The molecule has 0 N–H and O–H groups in total. The molecule has 4 aromatic rings. The highest BCUT2D eigenvalue weighted by atomic mass is 19.4. The summed E-state index contributed by atoms with van der Waals surface area (Å²) in [6, 6.07) is 8.38. The lowest BCUT2D eigenvalue weighted by Gasteiger charge is -2.34. The number of rotatable bonds is 4. The third-order valence-corrected chi connectivity index (χ3v) is 5.59. The summed E-state index contributed by atoms with van der Waals surface area (Å²) in [5.74, 6) is -1.05. The molecule has 166 valence electrons. The molecule has 4 heterocycles. The van der Waals surface area contributed by atoms with E-state index >= 15 is 0 Å². The summed E-state index contributed by atoms with van der Waals surface area (Å²) < 4.78 is 44.3. The van der Waals surface area contributed by atoms with Crippen LogP contribution >= 0.6 is 0 Å². The van der Waals surface area contributed by atoms with Gasteiger partial charge in [0, 0.05) is 69.3 Å². The van der Waals surface area contributed by atoms with Crippen LogP contribution in [-0.2, 0) is 19.8 Å². The number of aryl methyl sites for hydroxylation is 1. The fourth-order valence-corrected chi connectivity index (χ4v) is 3.95. The van der Waals surface area contributed by atoms with Crippen LogP contribution in [0, 0.1) is 0 Å². The van der Waals surface area contributed by atoms with Gasteiger partial charge in [-0.3, -0.25) is 4.90 Å². The van der Waals surface area contributed by atoms with Gasteiger partial charge in [0.1, 0.15) is 0 Å². The minimum atomic E-state index is -4.68. The maximum Gasteiger partial charge on any atom is 0.471 e. The lowest BCUT2D eigenvalue weighted by atomic mass is 10.1. The van der Waals surface area contributed by atoms with Crippen molar-refractivity contribution in [1.82, 2.24) is 29.6 Å². The van der Waals surface area contributed by atoms with Crippen molar-refractivity contribution in [3.63, 3.8) is 0 Å². The Balaban J connectivity index is 1.22. The Hall–Kier alpha value is -3.47. The molecule has 1 aromatic carbocycles. The van der Waals surface area contributed by atoms with Gasteiger partial charge in [0.2, 0.25) is 11.8 Å². The van der Waals surface area contributed by atoms with Crippen LogP contribution in [0.1, 0.15) is 11.5 Å². The molecule has 0 aliphatic carbocycles. The summed E-state index contributed by atoms with van der Waals surface area (Å²) in [7, 11) is 2.06. The standard InChI is InChI=1S/C21H20F3N7O/c1-29-12-15(16-4-2-3-5-17(16)29)13-30-6-8-31(9-7-30)20-25-10-14(11-26-20)18-27-19(32-28-18)21(22,23)24/h2-5,10-12H,6-9,13H2,1H3. The minimum absolute atomic E-state index is 0.191. The van der Waals surface area contributed by atoms with E-state index in [1.165, 1.54) is 28.9 Å². The number of aromatic nitrogens is 5. The second kappa shape index (κ2) is 7.90. The number of anilines is 1. The highest BCUT2D eigenvalue weighted by Crippen LogP contribution is 2.29. The van der Waals surface area contributed by atoms with Gasteiger partial charge in [-0.25, -0.2) is 9.97 Å². The molecule has 0 saturated carbocycles. The number of piperazine rings is 1. The van der Waals surface area contributed by atoms with Gasteiger partial charge in [-0.15, -0.1) is 0 Å². The Labute approximate surface area is 181 Å². The van der Waals surface area contributed by atoms with Crippen LogP contribution in [0.4, 0.5) is 19.1 Å². The van der Waals surface area contributed by atoms with Gasteiger partial charge in [0.25, 0.3) is 0 Å². The predicted octanol–water partition coefficient (Wildman–Crippen LogP) is 3.36. The zero-order valence-electron chi connectivity index (χ0n) is 17.2. The number of hydrogen-bond donors (Lipinski definition) is 0. The monoisotopic (exact) mass is 443 g/mol. The number of halogens is 3. The van der Waals surface area contributed by atoms with E-state index < -0.39 is 12.1 Å². The van der Waals surface area contributed by atoms with E-state index in [2.05, 4.69) is 70.4 Å². The predicted molar refractivity (Wildman–Crippen MR) is 111 cm³/mol. The van der Waals surface area contributed by atoms with Crippen LogP contribution in [-0.4, -0.2) is 55.8 Å². The maximum absolute atomic E-state index is 12.6. The van der Waals surface area contributed by atoms with Crippen LogP contribution in [0.5, 0.6) is 0 Å². The Kier molecular flexibility index (Phi) is 5.04. The van der Waals surface area contributed by atoms with Gasteiger partial charge in [-0.2, -0.15) is 18.2 Å².